The highest BCUT2D eigenvalue weighted by molar-refractivity contribution is 7.12. The second kappa shape index (κ2) is 5.58. The lowest BCUT2D eigenvalue weighted by Gasteiger charge is -2.16. The average molecular weight is 289 g/mol. The van der Waals surface area contributed by atoms with Crippen LogP contribution in [0.2, 0.25) is 0 Å². The summed E-state index contributed by atoms with van der Waals surface area (Å²) in [4.78, 5) is 23.1. The molecule has 1 saturated heterocycles. The van der Waals surface area contributed by atoms with Gasteiger partial charge in [0.15, 0.2) is 0 Å². The monoisotopic (exact) mass is 289 g/mol. The molecule has 0 radical (unpaired) electrons. The lowest BCUT2D eigenvalue weighted by Crippen LogP contribution is -2.30. The number of likely N-dealkylation sites (tertiary alicyclic amines) is 1. The van der Waals surface area contributed by atoms with E-state index in [1.54, 1.807) is 12.3 Å². The van der Waals surface area contributed by atoms with E-state index in [4.69, 9.17) is 4.74 Å². The summed E-state index contributed by atoms with van der Waals surface area (Å²) < 4.78 is 5.81. The molecule has 20 heavy (non-hydrogen) atoms. The fourth-order valence-corrected chi connectivity index (χ4v) is 2.93. The molecular weight excluding hydrogens is 274 g/mol. The molecule has 0 aliphatic carbocycles. The van der Waals surface area contributed by atoms with Gasteiger partial charge in [-0.1, -0.05) is 6.07 Å². The van der Waals surface area contributed by atoms with Crippen molar-refractivity contribution in [3.8, 4) is 5.88 Å². The molecule has 1 amide bonds. The molecule has 0 aromatic carbocycles. The molecule has 0 spiro atoms. The van der Waals surface area contributed by atoms with Gasteiger partial charge in [0.2, 0.25) is 5.88 Å². The molecule has 2 aromatic heterocycles. The smallest absolute Gasteiger partial charge is 0.264 e. The van der Waals surface area contributed by atoms with Gasteiger partial charge in [-0.25, -0.2) is 4.98 Å². The minimum atomic E-state index is 0.00760. The Morgan fingerprint density at radius 1 is 1.50 bits per heavy atom. The summed E-state index contributed by atoms with van der Waals surface area (Å²) in [6.45, 7) is 3.17. The lowest BCUT2D eigenvalue weighted by atomic mass is 10.3. The number of ether oxygens (including phenoxy) is 1. The number of carbonyl (C=O) groups is 1. The predicted molar refractivity (Wildman–Crippen MR) is 76.0 cm³/mol. The molecule has 3 heterocycles. The fourth-order valence-electron chi connectivity index (χ4n) is 2.24. The third kappa shape index (κ3) is 2.80. The first-order valence-electron chi connectivity index (χ1n) is 6.51. The fraction of sp³-hybridized carbons (Fsp3) is 0.357. The Balaban J connectivity index is 1.61. The average Bonchev–Trinajstić information content (AvgIpc) is 3.09. The normalized spacial score (nSPS) is 18.2. The molecule has 0 bridgehead atoms. The molecule has 1 aliphatic heterocycles. The third-order valence-electron chi connectivity index (χ3n) is 3.20. The van der Waals surface area contributed by atoms with Gasteiger partial charge in [-0.05, 0) is 18.4 Å². The van der Waals surface area contributed by atoms with Crippen LogP contribution >= 0.6 is 11.3 Å². The Morgan fingerprint density at radius 3 is 3.15 bits per heavy atom. The standard InChI is InChI=1S/C14H15N3O2S/c1-10-15-6-4-13(16-10)19-11-5-7-17(9-11)14(18)12-3-2-8-20-12/h2-4,6,8,11H,5,7,9H2,1H3. The summed E-state index contributed by atoms with van der Waals surface area (Å²) in [5.41, 5.74) is 0. The van der Waals surface area contributed by atoms with Crippen molar-refractivity contribution < 1.29 is 9.53 Å². The quantitative estimate of drug-likeness (QED) is 0.868. The van der Waals surface area contributed by atoms with Crippen LogP contribution in [0.4, 0.5) is 0 Å². The first kappa shape index (κ1) is 13.1. The number of aromatic nitrogens is 2. The van der Waals surface area contributed by atoms with Gasteiger partial charge in [0.05, 0.1) is 11.4 Å². The molecular formula is C14H15N3O2S. The number of thiophene rings is 1. The first-order chi connectivity index (χ1) is 9.72. The Morgan fingerprint density at radius 2 is 2.40 bits per heavy atom. The number of amides is 1. The van der Waals surface area contributed by atoms with Crippen molar-refractivity contribution in [1.29, 1.82) is 0 Å². The number of carbonyl (C=O) groups excluding carboxylic acids is 1. The number of hydrogen-bond acceptors (Lipinski definition) is 5. The Kier molecular flexibility index (Phi) is 3.64. The number of nitrogens with zero attached hydrogens (tertiary/aromatic N) is 3. The van der Waals surface area contributed by atoms with Crippen molar-refractivity contribution in [2.24, 2.45) is 0 Å². The topological polar surface area (TPSA) is 55.3 Å². The third-order valence-corrected chi connectivity index (χ3v) is 4.06. The van der Waals surface area contributed by atoms with E-state index in [1.807, 2.05) is 29.3 Å². The highest BCUT2D eigenvalue weighted by Gasteiger charge is 2.28. The maximum absolute atomic E-state index is 12.2. The van der Waals surface area contributed by atoms with E-state index in [9.17, 15) is 4.79 Å². The van der Waals surface area contributed by atoms with Gasteiger partial charge in [0, 0.05) is 25.2 Å². The van der Waals surface area contributed by atoms with Gasteiger partial charge >= 0.3 is 0 Å². The molecule has 3 rings (SSSR count). The van der Waals surface area contributed by atoms with E-state index in [1.165, 1.54) is 11.3 Å². The molecule has 5 nitrogen and oxygen atoms in total. The molecule has 6 heteroatoms. The van der Waals surface area contributed by atoms with Crippen molar-refractivity contribution in [3.63, 3.8) is 0 Å². The lowest BCUT2D eigenvalue weighted by molar-refractivity contribution is 0.0776. The molecule has 1 aliphatic rings. The van der Waals surface area contributed by atoms with E-state index in [0.29, 0.717) is 18.2 Å². The van der Waals surface area contributed by atoms with Crippen LogP contribution in [0, 0.1) is 6.92 Å². The summed E-state index contributed by atoms with van der Waals surface area (Å²) in [5.74, 6) is 1.35. The van der Waals surface area contributed by atoms with Crippen molar-refractivity contribution >= 4 is 17.2 Å². The Labute approximate surface area is 121 Å². The first-order valence-corrected chi connectivity index (χ1v) is 7.39. The number of hydrogen-bond donors (Lipinski definition) is 0. The zero-order valence-corrected chi connectivity index (χ0v) is 12.0. The van der Waals surface area contributed by atoms with Crippen LogP contribution in [0.5, 0.6) is 5.88 Å². The summed E-state index contributed by atoms with van der Waals surface area (Å²) in [7, 11) is 0. The highest BCUT2D eigenvalue weighted by Crippen LogP contribution is 2.20. The molecule has 0 N–H and O–H groups in total. The predicted octanol–water partition coefficient (Wildman–Crippen LogP) is 2.14. The minimum Gasteiger partial charge on any atom is -0.472 e. The maximum Gasteiger partial charge on any atom is 0.264 e. The molecule has 1 fully saturated rings. The maximum atomic E-state index is 12.2. The van der Waals surface area contributed by atoms with Crippen molar-refractivity contribution in [3.05, 3.63) is 40.5 Å². The van der Waals surface area contributed by atoms with E-state index in [0.717, 1.165) is 17.8 Å². The Bertz CT molecular complexity index is 600. The molecule has 0 saturated carbocycles. The van der Waals surface area contributed by atoms with Crippen LogP contribution in [0.15, 0.2) is 29.8 Å². The van der Waals surface area contributed by atoms with Crippen LogP contribution < -0.4 is 4.74 Å². The molecule has 104 valence electrons. The van der Waals surface area contributed by atoms with Gasteiger partial charge < -0.3 is 9.64 Å². The second-order valence-corrected chi connectivity index (χ2v) is 5.65. The SMILES string of the molecule is Cc1nccc(OC2CCN(C(=O)c3cccs3)C2)n1. The van der Waals surface area contributed by atoms with Crippen molar-refractivity contribution in [2.75, 3.05) is 13.1 Å². The highest BCUT2D eigenvalue weighted by atomic mass is 32.1. The zero-order chi connectivity index (χ0) is 13.9. The number of rotatable bonds is 3. The summed E-state index contributed by atoms with van der Waals surface area (Å²) in [6.07, 6.45) is 2.52. The zero-order valence-electron chi connectivity index (χ0n) is 11.2. The number of aryl methyl sites for hydroxylation is 1. The minimum absolute atomic E-state index is 0.00760. The molecule has 1 unspecified atom stereocenters. The largest absolute Gasteiger partial charge is 0.472 e. The van der Waals surface area contributed by atoms with E-state index >= 15 is 0 Å². The summed E-state index contributed by atoms with van der Waals surface area (Å²) in [6, 6.07) is 5.50. The van der Waals surface area contributed by atoms with Gasteiger partial charge in [0.1, 0.15) is 11.9 Å². The van der Waals surface area contributed by atoms with Crippen LogP contribution in [0.1, 0.15) is 21.9 Å². The van der Waals surface area contributed by atoms with Crippen LogP contribution in [-0.4, -0.2) is 40.0 Å². The van der Waals surface area contributed by atoms with Gasteiger partial charge in [-0.15, -0.1) is 11.3 Å². The summed E-state index contributed by atoms with van der Waals surface area (Å²) in [5, 5.41) is 1.92. The van der Waals surface area contributed by atoms with Gasteiger partial charge in [-0.2, -0.15) is 4.98 Å². The molecule has 2 aromatic rings. The van der Waals surface area contributed by atoms with Crippen molar-refractivity contribution in [2.45, 2.75) is 19.4 Å². The van der Waals surface area contributed by atoms with Crippen molar-refractivity contribution in [1.82, 2.24) is 14.9 Å². The van der Waals surface area contributed by atoms with E-state index in [-0.39, 0.29) is 12.0 Å². The van der Waals surface area contributed by atoms with E-state index < -0.39 is 0 Å². The van der Waals surface area contributed by atoms with Crippen LogP contribution in [0.3, 0.4) is 0 Å². The van der Waals surface area contributed by atoms with Gasteiger partial charge in [0.25, 0.3) is 5.91 Å². The van der Waals surface area contributed by atoms with Crippen LogP contribution in [0.25, 0.3) is 0 Å². The van der Waals surface area contributed by atoms with Crippen LogP contribution in [-0.2, 0) is 0 Å². The summed E-state index contributed by atoms with van der Waals surface area (Å²) >= 11 is 1.47. The van der Waals surface area contributed by atoms with Gasteiger partial charge in [-0.3, -0.25) is 4.79 Å². The second-order valence-electron chi connectivity index (χ2n) is 4.70. The van der Waals surface area contributed by atoms with E-state index in [2.05, 4.69) is 9.97 Å². The Hall–Kier alpha value is -1.95. The molecule has 1 atom stereocenters.